The molecule has 1 fully saturated rings. The Balaban J connectivity index is 1.79. The van der Waals surface area contributed by atoms with E-state index in [4.69, 9.17) is 33.7 Å². The number of carbonyl (C=O) groups excluding carboxylic acids is 2. The molecule has 1 aliphatic rings. The molecule has 1 aliphatic heterocycles. The van der Waals surface area contributed by atoms with E-state index < -0.39 is 11.3 Å². The first-order valence-corrected chi connectivity index (χ1v) is 10.3. The predicted molar refractivity (Wildman–Crippen MR) is 115 cm³/mol. The number of halogens is 2. The van der Waals surface area contributed by atoms with Crippen molar-refractivity contribution in [3.05, 3.63) is 63.6 Å². The number of nitrogens with two attached hydrogens (primary N) is 1. The monoisotopic (exact) mass is 434 g/mol. The summed E-state index contributed by atoms with van der Waals surface area (Å²) in [7, 11) is 0. The summed E-state index contributed by atoms with van der Waals surface area (Å²) in [5.41, 5.74) is 6.36. The summed E-state index contributed by atoms with van der Waals surface area (Å²) in [5.74, 6) is 0.115. The van der Waals surface area contributed by atoms with Gasteiger partial charge in [0.25, 0.3) is 5.91 Å². The summed E-state index contributed by atoms with van der Waals surface area (Å²) in [4.78, 5) is 26.6. The first-order valence-electron chi connectivity index (χ1n) is 9.51. The molecule has 5 nitrogen and oxygen atoms in total. The van der Waals surface area contributed by atoms with Gasteiger partial charge in [-0.15, -0.1) is 0 Å². The van der Waals surface area contributed by atoms with Crippen LogP contribution in [0.4, 0.5) is 0 Å². The normalized spacial score (nSPS) is 19.1. The summed E-state index contributed by atoms with van der Waals surface area (Å²) in [6, 6.07) is 12.4. The van der Waals surface area contributed by atoms with Crippen molar-refractivity contribution < 1.29 is 14.3 Å². The number of carbonyl (C=O) groups is 2. The topological polar surface area (TPSA) is 72.6 Å². The molecule has 2 amide bonds. The van der Waals surface area contributed by atoms with Gasteiger partial charge in [0.15, 0.2) is 0 Å². The standard InChI is InChI=1S/C22H24Cl2N2O3/c1-15-11-16(7-8-18(15)23)29-14-22(12-20(25)27)9-4-10-26(13-22)21(28)17-5-2-3-6-19(17)24/h2-3,5-8,11H,4,9-10,12-14H2,1H3,(H2,25,27). The number of amides is 2. The predicted octanol–water partition coefficient (Wildman–Crippen LogP) is 4.48. The lowest BCUT2D eigenvalue weighted by Crippen LogP contribution is -2.50. The Labute approximate surface area is 180 Å². The molecule has 0 bridgehead atoms. The quantitative estimate of drug-likeness (QED) is 0.727. The Morgan fingerprint density at radius 1 is 1.17 bits per heavy atom. The van der Waals surface area contributed by atoms with Gasteiger partial charge in [-0.2, -0.15) is 0 Å². The van der Waals surface area contributed by atoms with E-state index in [0.717, 1.165) is 18.4 Å². The van der Waals surface area contributed by atoms with Gasteiger partial charge in [0.2, 0.25) is 5.91 Å². The minimum Gasteiger partial charge on any atom is -0.493 e. The van der Waals surface area contributed by atoms with E-state index in [9.17, 15) is 9.59 Å². The Kier molecular flexibility index (Phi) is 6.70. The van der Waals surface area contributed by atoms with Gasteiger partial charge in [0, 0.05) is 29.9 Å². The average molecular weight is 435 g/mol. The number of primary amides is 1. The second kappa shape index (κ2) is 9.06. The maximum Gasteiger partial charge on any atom is 0.255 e. The molecule has 0 saturated carbocycles. The van der Waals surface area contributed by atoms with Crippen molar-refractivity contribution in [3.8, 4) is 5.75 Å². The van der Waals surface area contributed by atoms with Crippen LogP contribution < -0.4 is 10.5 Å². The third-order valence-electron chi connectivity index (χ3n) is 5.28. The summed E-state index contributed by atoms with van der Waals surface area (Å²) in [6.07, 6.45) is 1.65. The molecule has 2 aromatic carbocycles. The van der Waals surface area contributed by atoms with Gasteiger partial charge in [0.05, 0.1) is 17.2 Å². The molecular formula is C22H24Cl2N2O3. The largest absolute Gasteiger partial charge is 0.493 e. The molecule has 0 aliphatic carbocycles. The van der Waals surface area contributed by atoms with Crippen LogP contribution in [-0.4, -0.2) is 36.4 Å². The van der Waals surface area contributed by atoms with Crippen LogP contribution in [0.1, 0.15) is 35.2 Å². The van der Waals surface area contributed by atoms with Gasteiger partial charge in [-0.25, -0.2) is 0 Å². The molecule has 1 unspecified atom stereocenters. The lowest BCUT2D eigenvalue weighted by Gasteiger charge is -2.42. The zero-order valence-electron chi connectivity index (χ0n) is 16.3. The van der Waals surface area contributed by atoms with E-state index in [2.05, 4.69) is 0 Å². The number of hydrogen-bond donors (Lipinski definition) is 1. The van der Waals surface area contributed by atoms with Crippen LogP contribution in [0.3, 0.4) is 0 Å². The fraction of sp³-hybridized carbons (Fsp3) is 0.364. The molecule has 1 heterocycles. The highest BCUT2D eigenvalue weighted by Crippen LogP contribution is 2.36. The van der Waals surface area contributed by atoms with Gasteiger partial charge in [-0.1, -0.05) is 35.3 Å². The van der Waals surface area contributed by atoms with Gasteiger partial charge < -0.3 is 15.4 Å². The molecule has 0 spiro atoms. The smallest absolute Gasteiger partial charge is 0.255 e. The molecule has 29 heavy (non-hydrogen) atoms. The van der Waals surface area contributed by atoms with Gasteiger partial charge in [-0.3, -0.25) is 9.59 Å². The first kappa shape index (κ1) is 21.5. The van der Waals surface area contributed by atoms with E-state index in [-0.39, 0.29) is 18.9 Å². The number of likely N-dealkylation sites (tertiary alicyclic amines) is 1. The number of hydrogen-bond acceptors (Lipinski definition) is 3. The third kappa shape index (κ3) is 5.22. The van der Waals surface area contributed by atoms with Gasteiger partial charge in [0.1, 0.15) is 5.75 Å². The maximum absolute atomic E-state index is 13.0. The van der Waals surface area contributed by atoms with E-state index in [1.54, 1.807) is 41.3 Å². The van der Waals surface area contributed by atoms with Crippen molar-refractivity contribution in [1.29, 1.82) is 0 Å². The van der Waals surface area contributed by atoms with E-state index in [1.807, 2.05) is 13.0 Å². The molecule has 0 radical (unpaired) electrons. The summed E-state index contributed by atoms with van der Waals surface area (Å²) < 4.78 is 6.01. The van der Waals surface area contributed by atoms with Crippen LogP contribution in [0.2, 0.25) is 10.0 Å². The first-order chi connectivity index (χ1) is 13.8. The fourth-order valence-corrected chi connectivity index (χ4v) is 4.15. The molecule has 154 valence electrons. The highest BCUT2D eigenvalue weighted by atomic mass is 35.5. The summed E-state index contributed by atoms with van der Waals surface area (Å²) in [5, 5.41) is 1.08. The second-order valence-corrected chi connectivity index (χ2v) is 8.47. The Bertz CT molecular complexity index is 919. The molecule has 2 N–H and O–H groups in total. The SMILES string of the molecule is Cc1cc(OCC2(CC(N)=O)CCCN(C(=O)c3ccccc3Cl)C2)ccc1Cl. The van der Waals surface area contributed by atoms with E-state index >= 15 is 0 Å². The molecule has 3 rings (SSSR count). The molecule has 1 saturated heterocycles. The van der Waals surface area contributed by atoms with Crippen LogP contribution in [0.5, 0.6) is 5.75 Å². The number of nitrogens with zero attached hydrogens (tertiary/aromatic N) is 1. The summed E-state index contributed by atoms with van der Waals surface area (Å²) >= 11 is 12.3. The Morgan fingerprint density at radius 3 is 2.62 bits per heavy atom. The van der Waals surface area contributed by atoms with Crippen molar-refractivity contribution in [1.82, 2.24) is 4.90 Å². The number of benzene rings is 2. The van der Waals surface area contributed by atoms with Crippen molar-refractivity contribution in [2.24, 2.45) is 11.1 Å². The third-order valence-corrected chi connectivity index (χ3v) is 6.03. The van der Waals surface area contributed by atoms with E-state index in [0.29, 0.717) is 34.4 Å². The summed E-state index contributed by atoms with van der Waals surface area (Å²) in [6.45, 7) is 3.17. The van der Waals surface area contributed by atoms with Crippen LogP contribution >= 0.6 is 23.2 Å². The molecule has 2 aromatic rings. The van der Waals surface area contributed by atoms with Crippen molar-refractivity contribution >= 4 is 35.0 Å². The minimum absolute atomic E-state index is 0.145. The zero-order chi connectivity index (χ0) is 21.0. The number of aryl methyl sites for hydroxylation is 1. The Morgan fingerprint density at radius 2 is 1.93 bits per heavy atom. The number of rotatable bonds is 6. The highest BCUT2D eigenvalue weighted by Gasteiger charge is 2.40. The fourth-order valence-electron chi connectivity index (χ4n) is 3.81. The maximum atomic E-state index is 13.0. The lowest BCUT2D eigenvalue weighted by atomic mass is 9.77. The second-order valence-electron chi connectivity index (χ2n) is 7.65. The van der Waals surface area contributed by atoms with Crippen molar-refractivity contribution in [2.75, 3.05) is 19.7 Å². The van der Waals surface area contributed by atoms with E-state index in [1.165, 1.54) is 0 Å². The van der Waals surface area contributed by atoms with Gasteiger partial charge in [-0.05, 0) is 55.7 Å². The van der Waals surface area contributed by atoms with Crippen LogP contribution in [0.25, 0.3) is 0 Å². The van der Waals surface area contributed by atoms with Crippen molar-refractivity contribution in [3.63, 3.8) is 0 Å². The Hall–Kier alpha value is -2.24. The molecule has 0 aromatic heterocycles. The highest BCUT2D eigenvalue weighted by molar-refractivity contribution is 6.33. The lowest BCUT2D eigenvalue weighted by molar-refractivity contribution is -0.122. The number of piperidine rings is 1. The van der Waals surface area contributed by atoms with Crippen LogP contribution in [-0.2, 0) is 4.79 Å². The molecule has 7 heteroatoms. The number of ether oxygens (including phenoxy) is 1. The minimum atomic E-state index is -0.547. The zero-order valence-corrected chi connectivity index (χ0v) is 17.8. The molecular weight excluding hydrogens is 411 g/mol. The average Bonchev–Trinajstić information content (AvgIpc) is 2.68. The van der Waals surface area contributed by atoms with Crippen LogP contribution in [0.15, 0.2) is 42.5 Å². The van der Waals surface area contributed by atoms with Gasteiger partial charge >= 0.3 is 0 Å². The van der Waals surface area contributed by atoms with Crippen LogP contribution in [0, 0.1) is 12.3 Å². The van der Waals surface area contributed by atoms with Crippen molar-refractivity contribution in [2.45, 2.75) is 26.2 Å². The molecule has 1 atom stereocenters.